The maximum atomic E-state index is 12.6. The summed E-state index contributed by atoms with van der Waals surface area (Å²) in [5.41, 5.74) is 2.51. The van der Waals surface area contributed by atoms with Crippen LogP contribution in [-0.4, -0.2) is 64.3 Å². The Labute approximate surface area is 236 Å². The molecule has 10 heteroatoms. The third-order valence-corrected chi connectivity index (χ3v) is 8.21. The highest BCUT2D eigenvalue weighted by atomic mass is 32.2. The Balaban J connectivity index is 1.56. The average Bonchev–Trinajstić information content (AvgIpc) is 3.38. The van der Waals surface area contributed by atoms with Crippen molar-refractivity contribution in [3.05, 3.63) is 80.9 Å². The number of thiophene rings is 1. The molecule has 3 rings (SSSR count). The lowest BCUT2D eigenvalue weighted by molar-refractivity contribution is 0.0150. The van der Waals surface area contributed by atoms with Gasteiger partial charge in [0.05, 0.1) is 18.8 Å². The van der Waals surface area contributed by atoms with Crippen molar-refractivity contribution in [2.75, 3.05) is 32.5 Å². The Morgan fingerprint density at radius 1 is 1.34 bits per heavy atom. The van der Waals surface area contributed by atoms with Crippen molar-refractivity contribution in [3.8, 4) is 17.9 Å². The monoisotopic (exact) mass is 567 g/mol. The number of benzene rings is 1. The number of thioether (sulfide) groups is 2. The van der Waals surface area contributed by atoms with Crippen LogP contribution in [0.25, 0.3) is 0 Å². The second kappa shape index (κ2) is 15.4. The number of hydrazine groups is 1. The molecule has 0 bridgehead atoms. The molecule has 1 aliphatic heterocycles. The molecular weight excluding hydrogens is 539 g/mol. The van der Waals surface area contributed by atoms with Gasteiger partial charge >= 0.3 is 5.30 Å². The summed E-state index contributed by atoms with van der Waals surface area (Å²) < 4.78 is 4.73. The van der Waals surface area contributed by atoms with E-state index in [1.165, 1.54) is 30.2 Å². The number of hydrogen-bond donors (Lipinski definition) is 1. The van der Waals surface area contributed by atoms with Crippen LogP contribution in [0.3, 0.4) is 0 Å². The zero-order valence-corrected chi connectivity index (χ0v) is 23.5. The molecule has 2 heterocycles. The van der Waals surface area contributed by atoms with E-state index in [2.05, 4.69) is 24.5 Å². The number of aliphatic hydroxyl groups excluding tert-OH is 1. The van der Waals surface area contributed by atoms with Gasteiger partial charge in [0, 0.05) is 31.0 Å². The van der Waals surface area contributed by atoms with E-state index in [0.29, 0.717) is 49.5 Å². The summed E-state index contributed by atoms with van der Waals surface area (Å²) in [5.74, 6) is 6.85. The summed E-state index contributed by atoms with van der Waals surface area (Å²) in [6.45, 7) is 5.35. The second-order valence-corrected chi connectivity index (χ2v) is 11.3. The number of ether oxygens (including phenoxy) is 1. The maximum Gasteiger partial charge on any atom is 0.371 e. The fourth-order valence-corrected chi connectivity index (χ4v) is 5.89. The van der Waals surface area contributed by atoms with Gasteiger partial charge in [-0.2, -0.15) is 5.26 Å². The number of nitrogens with zero attached hydrogens (tertiary/aromatic N) is 3. The van der Waals surface area contributed by atoms with Crippen molar-refractivity contribution in [3.63, 3.8) is 0 Å². The quantitative estimate of drug-likeness (QED) is 0.223. The summed E-state index contributed by atoms with van der Waals surface area (Å²) in [4.78, 5) is 25.7. The fourth-order valence-electron chi connectivity index (χ4n) is 3.76. The molecule has 0 unspecified atom stereocenters. The van der Waals surface area contributed by atoms with Gasteiger partial charge in [0.25, 0.3) is 5.24 Å². The fraction of sp³-hybridized carbons (Fsp3) is 0.321. The predicted molar refractivity (Wildman–Crippen MR) is 155 cm³/mol. The Bertz CT molecular complexity index is 1270. The van der Waals surface area contributed by atoms with E-state index in [-0.39, 0.29) is 5.24 Å². The van der Waals surface area contributed by atoms with Crippen LogP contribution in [0.2, 0.25) is 0 Å². The highest BCUT2D eigenvalue weighted by Crippen LogP contribution is 2.25. The summed E-state index contributed by atoms with van der Waals surface area (Å²) >= 11 is 3.63. The van der Waals surface area contributed by atoms with E-state index < -0.39 is 11.4 Å². The van der Waals surface area contributed by atoms with Crippen LogP contribution in [0.1, 0.15) is 34.4 Å². The molecule has 7 nitrogen and oxygen atoms in total. The highest BCUT2D eigenvalue weighted by molar-refractivity contribution is 8.16. The number of methoxy groups -OCH3 is 1. The first-order valence-corrected chi connectivity index (χ1v) is 14.6. The Morgan fingerprint density at radius 3 is 2.95 bits per heavy atom. The number of aliphatic hydroxyl groups is 1. The first kappa shape index (κ1) is 29.6. The molecule has 1 fully saturated rings. The topological polar surface area (TPSA) is 93.9 Å². The Kier molecular flexibility index (Phi) is 12.0. The number of carbonyl (C=O) groups is 2. The van der Waals surface area contributed by atoms with Crippen molar-refractivity contribution >= 4 is 45.4 Å². The van der Waals surface area contributed by atoms with Crippen molar-refractivity contribution in [2.24, 2.45) is 0 Å². The number of carbonyl (C=O) groups excluding carboxylic acids is 2. The highest BCUT2D eigenvalue weighted by Gasteiger charge is 2.27. The van der Waals surface area contributed by atoms with Crippen LogP contribution in [0.5, 0.6) is 0 Å². The molecule has 0 radical (unpaired) electrons. The van der Waals surface area contributed by atoms with Crippen molar-refractivity contribution in [1.29, 1.82) is 5.26 Å². The van der Waals surface area contributed by atoms with Crippen LogP contribution < -0.4 is 0 Å². The molecule has 38 heavy (non-hydrogen) atoms. The second-order valence-electron chi connectivity index (χ2n) is 8.24. The lowest BCUT2D eigenvalue weighted by Gasteiger charge is -2.38. The number of rotatable bonds is 10. The van der Waals surface area contributed by atoms with E-state index >= 15 is 0 Å². The molecule has 0 saturated carbocycles. The van der Waals surface area contributed by atoms with E-state index in [9.17, 15) is 14.7 Å². The lowest BCUT2D eigenvalue weighted by atomic mass is 10.0. The largest absolute Gasteiger partial charge is 0.461 e. The van der Waals surface area contributed by atoms with Crippen LogP contribution in [0, 0.1) is 23.2 Å². The van der Waals surface area contributed by atoms with Gasteiger partial charge in [-0.25, -0.2) is 9.80 Å². The van der Waals surface area contributed by atoms with E-state index in [1.54, 1.807) is 17.2 Å². The van der Waals surface area contributed by atoms with Crippen LogP contribution in [0.4, 0.5) is 9.59 Å². The molecular formula is C28H29N3O4S3. The zero-order chi connectivity index (χ0) is 27.3. The van der Waals surface area contributed by atoms with E-state index in [4.69, 9.17) is 10.00 Å². The van der Waals surface area contributed by atoms with Gasteiger partial charge in [0.2, 0.25) is 0 Å². The molecule has 1 saturated heterocycles. The van der Waals surface area contributed by atoms with Crippen molar-refractivity contribution in [2.45, 2.75) is 25.4 Å². The average molecular weight is 568 g/mol. The Morgan fingerprint density at radius 2 is 2.18 bits per heavy atom. The van der Waals surface area contributed by atoms with Crippen molar-refractivity contribution in [1.82, 2.24) is 10.0 Å². The van der Waals surface area contributed by atoms with Crippen LogP contribution in [-0.2, 0) is 11.2 Å². The molecule has 1 aliphatic rings. The minimum absolute atomic E-state index is 0.0387. The number of amides is 1. The molecule has 2 aromatic rings. The molecule has 1 atom stereocenters. The molecule has 198 valence electrons. The third-order valence-electron chi connectivity index (χ3n) is 5.61. The van der Waals surface area contributed by atoms with Gasteiger partial charge in [0.15, 0.2) is 0 Å². The maximum absolute atomic E-state index is 12.6. The van der Waals surface area contributed by atoms with Gasteiger partial charge in [0.1, 0.15) is 10.9 Å². The molecule has 1 amide bonds. The Hall–Kier alpha value is -2.99. The summed E-state index contributed by atoms with van der Waals surface area (Å²) in [7, 11) is 1.33. The van der Waals surface area contributed by atoms with Gasteiger partial charge in [-0.3, -0.25) is 9.80 Å². The number of allylic oxidation sites excluding steroid dienone is 2. The zero-order valence-electron chi connectivity index (χ0n) is 21.1. The SMILES string of the molecule is C=C/C=C(/CCN1C(=O)SCCN1CC[C@@H](O)Cc1cccc(C#Cc2ccsc2C#N)c1)SC(=O)OC. The first-order chi connectivity index (χ1) is 18.4. The van der Waals surface area contributed by atoms with Gasteiger partial charge in [-0.15, -0.1) is 11.3 Å². The molecule has 0 aliphatic carbocycles. The van der Waals surface area contributed by atoms with Gasteiger partial charge in [-0.05, 0) is 65.1 Å². The number of hydrogen-bond acceptors (Lipinski definition) is 9. The van der Waals surface area contributed by atoms with Gasteiger partial charge in [-0.1, -0.05) is 54.5 Å². The summed E-state index contributed by atoms with van der Waals surface area (Å²) in [6.07, 6.45) is 4.23. The number of nitriles is 1. The molecule has 1 aromatic carbocycles. The summed E-state index contributed by atoms with van der Waals surface area (Å²) in [6, 6.07) is 11.7. The smallest absolute Gasteiger partial charge is 0.371 e. The molecule has 1 aromatic heterocycles. The van der Waals surface area contributed by atoms with Crippen LogP contribution in [0.15, 0.2) is 59.3 Å². The minimum Gasteiger partial charge on any atom is -0.461 e. The normalized spacial score (nSPS) is 14.8. The van der Waals surface area contributed by atoms with E-state index in [1.807, 2.05) is 40.7 Å². The third kappa shape index (κ3) is 9.09. The predicted octanol–water partition coefficient (Wildman–Crippen LogP) is 5.66. The minimum atomic E-state index is -0.585. The summed E-state index contributed by atoms with van der Waals surface area (Å²) in [5, 5.41) is 25.0. The molecule has 0 spiro atoms. The van der Waals surface area contributed by atoms with Crippen LogP contribution >= 0.6 is 34.9 Å². The van der Waals surface area contributed by atoms with E-state index in [0.717, 1.165) is 33.4 Å². The van der Waals surface area contributed by atoms with Crippen molar-refractivity contribution < 1.29 is 19.4 Å². The van der Waals surface area contributed by atoms with Gasteiger partial charge < -0.3 is 9.84 Å². The standard InChI is InChI=1S/C28H29N3O4S3/c1-3-5-25(38-28(34)35-2)11-14-31-27(33)37-17-15-30(31)13-10-24(32)19-22-7-4-6-21(18-22)8-9-23-12-16-36-26(23)20-29/h3-7,12,16,18,24,32H,1,10-11,13-15,17,19H2,2H3/b25-5-/t24-/m1/s1. The lowest BCUT2D eigenvalue weighted by Crippen LogP contribution is -2.50. The first-order valence-electron chi connectivity index (χ1n) is 12.0. The molecule has 1 N–H and O–H groups in total.